The Morgan fingerprint density at radius 1 is 1.05 bits per heavy atom. The fourth-order valence-corrected chi connectivity index (χ4v) is 3.45. The van der Waals surface area contributed by atoms with E-state index < -0.39 is 0 Å². The monoisotopic (exact) mass is 297 g/mol. The van der Waals surface area contributed by atoms with E-state index in [2.05, 4.69) is 0 Å². The molecule has 2 aromatic rings. The molecule has 1 fully saturated rings. The van der Waals surface area contributed by atoms with Gasteiger partial charge in [0.1, 0.15) is 0 Å². The van der Waals surface area contributed by atoms with E-state index in [4.69, 9.17) is 0 Å². The zero-order chi connectivity index (χ0) is 14.7. The standard InChI is InChI=1S/C17H15NO2S/c19-15(13-7-3-1-4-8-13)11-18-12-16(21-17(18)20)14-9-5-2-6-10-14/h1-10,16H,11-12H2. The maximum atomic E-state index is 12.2. The molecule has 3 rings (SSSR count). The highest BCUT2D eigenvalue weighted by molar-refractivity contribution is 8.14. The fourth-order valence-electron chi connectivity index (χ4n) is 2.37. The summed E-state index contributed by atoms with van der Waals surface area (Å²) in [5.41, 5.74) is 1.78. The van der Waals surface area contributed by atoms with E-state index in [0.717, 1.165) is 5.56 Å². The molecule has 1 saturated heterocycles. The van der Waals surface area contributed by atoms with Gasteiger partial charge in [-0.1, -0.05) is 72.4 Å². The van der Waals surface area contributed by atoms with E-state index in [9.17, 15) is 9.59 Å². The number of benzene rings is 2. The quantitative estimate of drug-likeness (QED) is 0.806. The zero-order valence-corrected chi connectivity index (χ0v) is 12.3. The minimum absolute atomic E-state index is 0.0155. The van der Waals surface area contributed by atoms with Gasteiger partial charge in [0.05, 0.1) is 11.8 Å². The summed E-state index contributed by atoms with van der Waals surface area (Å²) in [7, 11) is 0. The Morgan fingerprint density at radius 3 is 2.33 bits per heavy atom. The molecule has 0 aliphatic carbocycles. The third kappa shape index (κ3) is 3.16. The van der Waals surface area contributed by atoms with Gasteiger partial charge in [0.2, 0.25) is 0 Å². The van der Waals surface area contributed by atoms with Gasteiger partial charge in [0.15, 0.2) is 5.78 Å². The van der Waals surface area contributed by atoms with E-state index in [1.54, 1.807) is 17.0 Å². The summed E-state index contributed by atoms with van der Waals surface area (Å²) in [4.78, 5) is 25.9. The molecule has 4 heteroatoms. The average Bonchev–Trinajstić information content (AvgIpc) is 2.90. The number of thioether (sulfide) groups is 1. The Hall–Kier alpha value is -2.07. The highest BCUT2D eigenvalue weighted by Crippen LogP contribution is 2.37. The SMILES string of the molecule is O=C(CN1CC(c2ccccc2)SC1=O)c1ccccc1. The van der Waals surface area contributed by atoms with Gasteiger partial charge in [0, 0.05) is 12.1 Å². The van der Waals surface area contributed by atoms with Gasteiger partial charge in [-0.05, 0) is 5.56 Å². The molecule has 1 amide bonds. The molecule has 1 unspecified atom stereocenters. The molecule has 0 saturated carbocycles. The van der Waals surface area contributed by atoms with Crippen LogP contribution in [0.1, 0.15) is 21.2 Å². The summed E-state index contributed by atoms with van der Waals surface area (Å²) in [5, 5.41) is 0.0930. The summed E-state index contributed by atoms with van der Waals surface area (Å²) < 4.78 is 0. The van der Waals surface area contributed by atoms with E-state index in [0.29, 0.717) is 12.1 Å². The third-order valence-corrected chi connectivity index (χ3v) is 4.65. The first-order chi connectivity index (χ1) is 10.2. The number of hydrogen-bond donors (Lipinski definition) is 0. The van der Waals surface area contributed by atoms with Crippen LogP contribution in [0.25, 0.3) is 0 Å². The van der Waals surface area contributed by atoms with Crippen LogP contribution in [0.15, 0.2) is 60.7 Å². The van der Waals surface area contributed by atoms with Crippen LogP contribution < -0.4 is 0 Å². The maximum Gasteiger partial charge on any atom is 0.282 e. The van der Waals surface area contributed by atoms with Gasteiger partial charge in [-0.3, -0.25) is 9.59 Å². The first-order valence-electron chi connectivity index (χ1n) is 6.83. The molecule has 1 heterocycles. The largest absolute Gasteiger partial charge is 0.324 e. The van der Waals surface area contributed by atoms with Gasteiger partial charge in [-0.15, -0.1) is 0 Å². The number of carbonyl (C=O) groups excluding carboxylic acids is 2. The predicted molar refractivity (Wildman–Crippen MR) is 84.5 cm³/mol. The number of amides is 1. The second kappa shape index (κ2) is 6.14. The summed E-state index contributed by atoms with van der Waals surface area (Å²) in [5.74, 6) is -0.0155. The molecule has 0 aromatic heterocycles. The lowest BCUT2D eigenvalue weighted by Crippen LogP contribution is -2.30. The normalized spacial score (nSPS) is 18.0. The molecule has 1 aliphatic rings. The smallest absolute Gasteiger partial charge is 0.282 e. The second-order valence-corrected chi connectivity index (χ2v) is 6.11. The number of Topliss-reactive ketones (excluding diaryl/α,β-unsaturated/α-hetero) is 1. The number of nitrogens with zero attached hydrogens (tertiary/aromatic N) is 1. The van der Waals surface area contributed by atoms with E-state index in [1.807, 2.05) is 48.5 Å². The van der Waals surface area contributed by atoms with E-state index in [1.165, 1.54) is 11.8 Å². The van der Waals surface area contributed by atoms with E-state index in [-0.39, 0.29) is 22.8 Å². The molecular weight excluding hydrogens is 282 g/mol. The van der Waals surface area contributed by atoms with Crippen LogP contribution in [-0.2, 0) is 0 Å². The number of hydrogen-bond acceptors (Lipinski definition) is 3. The van der Waals surface area contributed by atoms with Gasteiger partial charge in [-0.25, -0.2) is 0 Å². The Balaban J connectivity index is 1.67. The van der Waals surface area contributed by atoms with Crippen molar-refractivity contribution in [3.05, 3.63) is 71.8 Å². The van der Waals surface area contributed by atoms with Gasteiger partial charge in [-0.2, -0.15) is 0 Å². The Bertz CT molecular complexity index is 642. The fraction of sp³-hybridized carbons (Fsp3) is 0.176. The van der Waals surface area contributed by atoms with Crippen molar-refractivity contribution >= 4 is 22.8 Å². The van der Waals surface area contributed by atoms with Crippen molar-refractivity contribution in [3.63, 3.8) is 0 Å². The number of ketones is 1. The molecule has 0 spiro atoms. The molecule has 21 heavy (non-hydrogen) atoms. The van der Waals surface area contributed by atoms with Gasteiger partial charge in [0.25, 0.3) is 5.24 Å². The van der Waals surface area contributed by atoms with E-state index >= 15 is 0 Å². The summed E-state index contributed by atoms with van der Waals surface area (Å²) in [6, 6.07) is 19.1. The van der Waals surface area contributed by atoms with Gasteiger partial charge >= 0.3 is 0 Å². The van der Waals surface area contributed by atoms with Crippen LogP contribution in [0.5, 0.6) is 0 Å². The number of carbonyl (C=O) groups is 2. The van der Waals surface area contributed by atoms with Crippen molar-refractivity contribution in [1.29, 1.82) is 0 Å². The molecule has 1 atom stereocenters. The van der Waals surface area contributed by atoms with Crippen LogP contribution in [0.4, 0.5) is 4.79 Å². The molecule has 2 aromatic carbocycles. The predicted octanol–water partition coefficient (Wildman–Crippen LogP) is 3.78. The van der Waals surface area contributed by atoms with Crippen molar-refractivity contribution < 1.29 is 9.59 Å². The van der Waals surface area contributed by atoms with Crippen LogP contribution in [0, 0.1) is 0 Å². The van der Waals surface area contributed by atoms with Crippen LogP contribution in [0.3, 0.4) is 0 Å². The molecule has 3 nitrogen and oxygen atoms in total. The Kier molecular flexibility index (Phi) is 4.06. The minimum Gasteiger partial charge on any atom is -0.324 e. The summed E-state index contributed by atoms with van der Waals surface area (Å²) >= 11 is 1.30. The molecule has 1 aliphatic heterocycles. The second-order valence-electron chi connectivity index (χ2n) is 4.95. The highest BCUT2D eigenvalue weighted by atomic mass is 32.2. The Morgan fingerprint density at radius 2 is 1.67 bits per heavy atom. The van der Waals surface area contributed by atoms with Crippen molar-refractivity contribution in [2.45, 2.75) is 5.25 Å². The topological polar surface area (TPSA) is 37.4 Å². The lowest BCUT2D eigenvalue weighted by Gasteiger charge is -2.14. The zero-order valence-electron chi connectivity index (χ0n) is 11.4. The molecule has 106 valence electrons. The Labute approximate surface area is 128 Å². The first-order valence-corrected chi connectivity index (χ1v) is 7.71. The van der Waals surface area contributed by atoms with Crippen LogP contribution in [0.2, 0.25) is 0 Å². The maximum absolute atomic E-state index is 12.2. The average molecular weight is 297 g/mol. The summed E-state index contributed by atoms with van der Waals surface area (Å²) in [6.07, 6.45) is 0. The first kappa shape index (κ1) is 13.9. The molecule has 0 bridgehead atoms. The van der Waals surface area contributed by atoms with Crippen molar-refractivity contribution in [1.82, 2.24) is 4.90 Å². The molecule has 0 N–H and O–H groups in total. The number of rotatable bonds is 4. The van der Waals surface area contributed by atoms with Gasteiger partial charge < -0.3 is 4.90 Å². The minimum atomic E-state index is -0.0202. The van der Waals surface area contributed by atoms with Crippen molar-refractivity contribution in [3.8, 4) is 0 Å². The van der Waals surface area contributed by atoms with Crippen molar-refractivity contribution in [2.75, 3.05) is 13.1 Å². The third-order valence-electron chi connectivity index (χ3n) is 3.49. The lowest BCUT2D eigenvalue weighted by atomic mass is 10.1. The van der Waals surface area contributed by atoms with Crippen LogP contribution in [-0.4, -0.2) is 29.0 Å². The van der Waals surface area contributed by atoms with Crippen LogP contribution >= 0.6 is 11.8 Å². The molecule has 0 radical (unpaired) electrons. The van der Waals surface area contributed by atoms with Crippen molar-refractivity contribution in [2.24, 2.45) is 0 Å². The lowest BCUT2D eigenvalue weighted by molar-refractivity contribution is 0.0954. The molecular formula is C17H15NO2S. The highest BCUT2D eigenvalue weighted by Gasteiger charge is 2.32. The summed E-state index contributed by atoms with van der Waals surface area (Å²) in [6.45, 7) is 0.741.